The molecule has 1 aliphatic carbocycles. The molecule has 0 bridgehead atoms. The SMILES string of the molecule is CCC1CN(Cc2ccc(OC)cc2O)CCC1CC(=O)NC1CCCCC1. The van der Waals surface area contributed by atoms with Gasteiger partial charge in [-0.25, -0.2) is 0 Å². The topological polar surface area (TPSA) is 61.8 Å². The molecule has 0 aromatic heterocycles. The molecular formula is C23H36N2O3. The number of ether oxygens (including phenoxy) is 1. The molecule has 28 heavy (non-hydrogen) atoms. The molecule has 5 nitrogen and oxygen atoms in total. The number of methoxy groups -OCH3 is 1. The Morgan fingerprint density at radius 1 is 1.21 bits per heavy atom. The fourth-order valence-corrected chi connectivity index (χ4v) is 4.85. The van der Waals surface area contributed by atoms with Gasteiger partial charge in [0.1, 0.15) is 11.5 Å². The van der Waals surface area contributed by atoms with Crippen LogP contribution >= 0.6 is 0 Å². The van der Waals surface area contributed by atoms with E-state index in [1.165, 1.54) is 19.3 Å². The number of likely N-dealkylation sites (tertiary alicyclic amines) is 1. The normalized spacial score (nSPS) is 24.1. The van der Waals surface area contributed by atoms with Crippen molar-refractivity contribution < 1.29 is 14.6 Å². The van der Waals surface area contributed by atoms with E-state index in [0.717, 1.165) is 50.9 Å². The number of hydrogen-bond acceptors (Lipinski definition) is 4. The van der Waals surface area contributed by atoms with E-state index in [4.69, 9.17) is 4.74 Å². The molecular weight excluding hydrogens is 352 g/mol. The van der Waals surface area contributed by atoms with E-state index < -0.39 is 0 Å². The van der Waals surface area contributed by atoms with E-state index in [1.807, 2.05) is 12.1 Å². The van der Waals surface area contributed by atoms with Gasteiger partial charge in [-0.3, -0.25) is 9.69 Å². The number of aromatic hydroxyl groups is 1. The van der Waals surface area contributed by atoms with Gasteiger partial charge < -0.3 is 15.2 Å². The highest BCUT2D eigenvalue weighted by molar-refractivity contribution is 5.76. The highest BCUT2D eigenvalue weighted by Crippen LogP contribution is 2.32. The smallest absolute Gasteiger partial charge is 0.220 e. The van der Waals surface area contributed by atoms with Crippen LogP contribution in [0.1, 0.15) is 63.9 Å². The lowest BCUT2D eigenvalue weighted by Gasteiger charge is -2.38. The van der Waals surface area contributed by atoms with Gasteiger partial charge in [-0.05, 0) is 43.7 Å². The average Bonchev–Trinajstić information content (AvgIpc) is 2.71. The van der Waals surface area contributed by atoms with Crippen molar-refractivity contribution in [2.45, 2.75) is 70.9 Å². The maximum atomic E-state index is 12.5. The Hall–Kier alpha value is -1.75. The predicted octanol–water partition coefficient (Wildman–Crippen LogP) is 4.09. The molecule has 2 atom stereocenters. The van der Waals surface area contributed by atoms with Gasteiger partial charge in [0.15, 0.2) is 0 Å². The first-order chi connectivity index (χ1) is 13.6. The van der Waals surface area contributed by atoms with Gasteiger partial charge in [0.2, 0.25) is 5.91 Å². The Bertz CT molecular complexity index is 643. The fourth-order valence-electron chi connectivity index (χ4n) is 4.85. The standard InChI is InChI=1S/C23H36N2O3/c1-3-17-15-25(16-19-9-10-21(28-2)14-22(19)26)12-11-18(17)13-23(27)24-20-7-5-4-6-8-20/h9-10,14,17-18,20,26H,3-8,11-13,15-16H2,1-2H3,(H,24,27). The van der Waals surface area contributed by atoms with E-state index in [2.05, 4.69) is 17.1 Å². The monoisotopic (exact) mass is 388 g/mol. The van der Waals surface area contributed by atoms with Gasteiger partial charge in [-0.1, -0.05) is 38.7 Å². The zero-order valence-electron chi connectivity index (χ0n) is 17.5. The van der Waals surface area contributed by atoms with Crippen LogP contribution in [0.2, 0.25) is 0 Å². The predicted molar refractivity (Wildman–Crippen MR) is 111 cm³/mol. The lowest BCUT2D eigenvalue weighted by molar-refractivity contribution is -0.123. The molecule has 1 heterocycles. The van der Waals surface area contributed by atoms with Crippen LogP contribution < -0.4 is 10.1 Å². The first-order valence-electron chi connectivity index (χ1n) is 11.0. The Labute approximate surface area is 169 Å². The zero-order valence-corrected chi connectivity index (χ0v) is 17.5. The summed E-state index contributed by atoms with van der Waals surface area (Å²) in [4.78, 5) is 15.0. The third-order valence-electron chi connectivity index (χ3n) is 6.60. The van der Waals surface area contributed by atoms with Crippen molar-refractivity contribution in [3.8, 4) is 11.5 Å². The Morgan fingerprint density at radius 3 is 2.68 bits per heavy atom. The van der Waals surface area contributed by atoms with Gasteiger partial charge in [-0.2, -0.15) is 0 Å². The number of nitrogens with one attached hydrogen (secondary N) is 1. The van der Waals surface area contributed by atoms with E-state index in [0.29, 0.717) is 35.8 Å². The molecule has 1 aromatic rings. The minimum absolute atomic E-state index is 0.247. The molecule has 1 amide bonds. The van der Waals surface area contributed by atoms with Gasteiger partial charge >= 0.3 is 0 Å². The van der Waals surface area contributed by atoms with Gasteiger partial charge in [0.25, 0.3) is 0 Å². The second-order valence-electron chi connectivity index (χ2n) is 8.55. The highest BCUT2D eigenvalue weighted by atomic mass is 16.5. The molecule has 2 aliphatic rings. The van der Waals surface area contributed by atoms with Crippen molar-refractivity contribution >= 4 is 5.91 Å². The van der Waals surface area contributed by atoms with Gasteiger partial charge in [0, 0.05) is 37.2 Å². The maximum Gasteiger partial charge on any atom is 0.220 e. The number of carbonyl (C=O) groups excluding carboxylic acids is 1. The summed E-state index contributed by atoms with van der Waals surface area (Å²) in [6.07, 6.45) is 8.90. The molecule has 2 N–H and O–H groups in total. The van der Waals surface area contributed by atoms with E-state index >= 15 is 0 Å². The van der Waals surface area contributed by atoms with Gasteiger partial charge in [-0.15, -0.1) is 0 Å². The average molecular weight is 389 g/mol. The minimum atomic E-state index is 0.247. The van der Waals surface area contributed by atoms with E-state index in [-0.39, 0.29) is 5.91 Å². The highest BCUT2D eigenvalue weighted by Gasteiger charge is 2.30. The number of phenolic OH excluding ortho intramolecular Hbond substituents is 1. The number of phenols is 1. The first-order valence-corrected chi connectivity index (χ1v) is 11.0. The molecule has 1 aromatic carbocycles. The summed E-state index contributed by atoms with van der Waals surface area (Å²) in [6, 6.07) is 5.92. The third kappa shape index (κ3) is 5.63. The van der Waals surface area contributed by atoms with Crippen LogP contribution in [0, 0.1) is 11.8 Å². The van der Waals surface area contributed by atoms with Crippen LogP contribution in [-0.4, -0.2) is 42.2 Å². The summed E-state index contributed by atoms with van der Waals surface area (Å²) in [6.45, 7) is 4.94. The number of benzene rings is 1. The number of rotatable bonds is 7. The summed E-state index contributed by atoms with van der Waals surface area (Å²) < 4.78 is 5.17. The molecule has 3 rings (SSSR count). The van der Waals surface area contributed by atoms with Crippen molar-refractivity contribution in [3.05, 3.63) is 23.8 Å². The van der Waals surface area contributed by atoms with Crippen molar-refractivity contribution in [1.82, 2.24) is 10.2 Å². The van der Waals surface area contributed by atoms with Crippen LogP contribution in [-0.2, 0) is 11.3 Å². The second kappa shape index (κ2) is 10.1. The number of carbonyl (C=O) groups is 1. The van der Waals surface area contributed by atoms with Crippen molar-refractivity contribution in [2.24, 2.45) is 11.8 Å². The molecule has 1 aliphatic heterocycles. The van der Waals surface area contributed by atoms with Crippen molar-refractivity contribution in [3.63, 3.8) is 0 Å². The summed E-state index contributed by atoms with van der Waals surface area (Å²) >= 11 is 0. The molecule has 1 saturated heterocycles. The van der Waals surface area contributed by atoms with Crippen LogP contribution in [0.25, 0.3) is 0 Å². The second-order valence-corrected chi connectivity index (χ2v) is 8.55. The molecule has 2 fully saturated rings. The van der Waals surface area contributed by atoms with Crippen molar-refractivity contribution in [2.75, 3.05) is 20.2 Å². The van der Waals surface area contributed by atoms with Crippen LogP contribution in [0.15, 0.2) is 18.2 Å². The molecule has 5 heteroatoms. The summed E-state index contributed by atoms with van der Waals surface area (Å²) in [5.74, 6) is 2.22. The molecule has 0 radical (unpaired) electrons. The number of piperidine rings is 1. The molecule has 156 valence electrons. The lowest BCUT2D eigenvalue weighted by Crippen LogP contribution is -2.43. The van der Waals surface area contributed by atoms with Crippen LogP contribution in [0.4, 0.5) is 0 Å². The zero-order chi connectivity index (χ0) is 19.9. The lowest BCUT2D eigenvalue weighted by atomic mass is 9.81. The number of hydrogen-bond donors (Lipinski definition) is 2. The Balaban J connectivity index is 1.50. The maximum absolute atomic E-state index is 12.5. The molecule has 0 spiro atoms. The molecule has 2 unspecified atom stereocenters. The Morgan fingerprint density at radius 2 is 2.00 bits per heavy atom. The van der Waals surface area contributed by atoms with Crippen LogP contribution in [0.5, 0.6) is 11.5 Å². The van der Waals surface area contributed by atoms with Crippen LogP contribution in [0.3, 0.4) is 0 Å². The molecule has 1 saturated carbocycles. The first kappa shape index (κ1) is 21.0. The fraction of sp³-hybridized carbons (Fsp3) is 0.696. The largest absolute Gasteiger partial charge is 0.507 e. The summed E-state index contributed by atoms with van der Waals surface area (Å²) in [5, 5.41) is 13.5. The number of nitrogens with zero attached hydrogens (tertiary/aromatic N) is 1. The van der Waals surface area contributed by atoms with Crippen molar-refractivity contribution in [1.29, 1.82) is 0 Å². The third-order valence-corrected chi connectivity index (χ3v) is 6.60. The quantitative estimate of drug-likeness (QED) is 0.739. The van der Waals surface area contributed by atoms with Gasteiger partial charge in [0.05, 0.1) is 7.11 Å². The summed E-state index contributed by atoms with van der Waals surface area (Å²) in [7, 11) is 1.61. The summed E-state index contributed by atoms with van der Waals surface area (Å²) in [5.41, 5.74) is 0.934. The number of amides is 1. The van der Waals surface area contributed by atoms with E-state index in [9.17, 15) is 9.90 Å². The Kier molecular flexibility index (Phi) is 7.60. The van der Waals surface area contributed by atoms with E-state index in [1.54, 1.807) is 13.2 Å². The minimum Gasteiger partial charge on any atom is -0.507 e.